The largest absolute Gasteiger partial charge is 0.330 e. The van der Waals surface area contributed by atoms with Crippen molar-refractivity contribution in [1.29, 1.82) is 0 Å². The summed E-state index contributed by atoms with van der Waals surface area (Å²) in [4.78, 5) is 55.0. The Morgan fingerprint density at radius 2 is 1.04 bits per heavy atom. The summed E-state index contributed by atoms with van der Waals surface area (Å²) >= 11 is 0. The summed E-state index contributed by atoms with van der Waals surface area (Å²) < 4.78 is 5.56. The number of aliphatic imine (C=N–C) groups is 4. The zero-order valence-electron chi connectivity index (χ0n) is 14.1. The van der Waals surface area contributed by atoms with Gasteiger partial charge in [0.05, 0.1) is 13.1 Å². The Labute approximate surface area is 146 Å². The van der Waals surface area contributed by atoms with E-state index in [2.05, 4.69) is 20.0 Å². The first-order valence-electron chi connectivity index (χ1n) is 8.15. The highest BCUT2D eigenvalue weighted by atomic mass is 16.5. The molecule has 136 valence electrons. The van der Waals surface area contributed by atoms with E-state index in [1.165, 1.54) is 24.3 Å². The van der Waals surface area contributed by atoms with Gasteiger partial charge in [-0.25, -0.2) is 29.2 Å². The molecule has 25 heavy (non-hydrogen) atoms. The average Bonchev–Trinajstić information content (AvgIpc) is 2.61. The van der Waals surface area contributed by atoms with E-state index in [1.807, 2.05) is 0 Å². The van der Waals surface area contributed by atoms with E-state index in [9.17, 15) is 19.2 Å². The molecule has 0 saturated carbocycles. The summed E-state index contributed by atoms with van der Waals surface area (Å²) in [5.41, 5.74) is 0. The molecule has 0 N–H and O–H groups in total. The average molecular weight is 350 g/mol. The monoisotopic (exact) mass is 350 g/mol. The van der Waals surface area contributed by atoms with E-state index in [1.54, 1.807) is 0 Å². The predicted octanol–water partition coefficient (Wildman–Crippen LogP) is 2.12. The van der Waals surface area contributed by atoms with Crippen LogP contribution in [-0.2, 0) is 23.9 Å². The van der Waals surface area contributed by atoms with Crippen molar-refractivity contribution in [2.45, 2.75) is 63.8 Å². The van der Waals surface area contributed by atoms with Gasteiger partial charge in [-0.2, -0.15) is 9.98 Å². The van der Waals surface area contributed by atoms with Gasteiger partial charge in [-0.3, -0.25) is 0 Å². The molecule has 0 amide bonds. The Hall–Kier alpha value is -2.52. The first-order valence-corrected chi connectivity index (χ1v) is 8.15. The lowest BCUT2D eigenvalue weighted by molar-refractivity contribution is -0.0125. The van der Waals surface area contributed by atoms with Gasteiger partial charge in [0.15, 0.2) is 12.5 Å². The van der Waals surface area contributed by atoms with Crippen molar-refractivity contribution in [1.82, 2.24) is 0 Å². The van der Waals surface area contributed by atoms with E-state index in [0.29, 0.717) is 38.8 Å². The molecule has 0 radical (unpaired) electrons. The van der Waals surface area contributed by atoms with Crippen LogP contribution in [0.4, 0.5) is 0 Å². The molecule has 0 fully saturated rings. The van der Waals surface area contributed by atoms with Gasteiger partial charge in [0.1, 0.15) is 0 Å². The smallest absolute Gasteiger partial charge is 0.237 e. The molecule has 0 bridgehead atoms. The van der Waals surface area contributed by atoms with Gasteiger partial charge in [-0.15, -0.1) is 0 Å². The third kappa shape index (κ3) is 14.8. The van der Waals surface area contributed by atoms with Gasteiger partial charge < -0.3 is 4.74 Å². The van der Waals surface area contributed by atoms with Crippen molar-refractivity contribution >= 4 is 24.3 Å². The first-order chi connectivity index (χ1) is 12.3. The van der Waals surface area contributed by atoms with Crippen LogP contribution in [0.2, 0.25) is 0 Å². The van der Waals surface area contributed by atoms with Gasteiger partial charge in [-0.1, -0.05) is 12.8 Å². The molecule has 0 aliphatic carbocycles. The summed E-state index contributed by atoms with van der Waals surface area (Å²) in [7, 11) is 0. The van der Waals surface area contributed by atoms with Crippen molar-refractivity contribution in [3.05, 3.63) is 0 Å². The minimum Gasteiger partial charge on any atom is -0.330 e. The molecular formula is C16H22N4O5. The van der Waals surface area contributed by atoms with E-state index < -0.39 is 12.5 Å². The second-order valence-corrected chi connectivity index (χ2v) is 5.13. The zero-order chi connectivity index (χ0) is 18.6. The van der Waals surface area contributed by atoms with Crippen LogP contribution in [0.5, 0.6) is 0 Å². The lowest BCUT2D eigenvalue weighted by Gasteiger charge is -2.17. The van der Waals surface area contributed by atoms with Crippen LogP contribution in [0.25, 0.3) is 0 Å². The van der Waals surface area contributed by atoms with Crippen LogP contribution in [0.3, 0.4) is 0 Å². The van der Waals surface area contributed by atoms with E-state index in [0.717, 1.165) is 25.7 Å². The third-order valence-electron chi connectivity index (χ3n) is 3.28. The van der Waals surface area contributed by atoms with Crippen molar-refractivity contribution in [3.8, 4) is 0 Å². The molecular weight excluding hydrogens is 328 g/mol. The summed E-state index contributed by atoms with van der Waals surface area (Å²) in [6.45, 7) is 0.830. The number of hydrogen-bond acceptors (Lipinski definition) is 9. The number of unbranched alkanes of at least 4 members (excludes halogenated alkanes) is 4. The second-order valence-electron chi connectivity index (χ2n) is 5.13. The van der Waals surface area contributed by atoms with E-state index in [-0.39, 0.29) is 0 Å². The molecule has 2 unspecified atom stereocenters. The van der Waals surface area contributed by atoms with Crippen molar-refractivity contribution in [2.75, 3.05) is 13.1 Å². The Morgan fingerprint density at radius 1 is 0.600 bits per heavy atom. The summed E-state index contributed by atoms with van der Waals surface area (Å²) in [6, 6.07) is 0. The standard InChI is InChI=1S/C16H22N4O5/c21-11-17-9-5-1-3-7-15(19-13-23)25-16(20-14-24)8-4-2-6-10-18-12-22/h15-16H,1-10H2. The Kier molecular flexibility index (Phi) is 16.0. The molecule has 9 nitrogen and oxygen atoms in total. The molecule has 0 aromatic heterocycles. The number of nitrogens with zero attached hydrogens (tertiary/aromatic N) is 4. The maximum atomic E-state index is 10.5. The molecule has 0 heterocycles. The zero-order valence-corrected chi connectivity index (χ0v) is 14.1. The Bertz CT molecular complexity index is 495. The van der Waals surface area contributed by atoms with Crippen LogP contribution >= 0.6 is 0 Å². The number of rotatable bonds is 16. The van der Waals surface area contributed by atoms with Crippen LogP contribution in [-0.4, -0.2) is 49.9 Å². The molecule has 0 aliphatic rings. The molecule has 2 atom stereocenters. The van der Waals surface area contributed by atoms with Gasteiger partial charge >= 0.3 is 0 Å². The van der Waals surface area contributed by atoms with Crippen LogP contribution < -0.4 is 0 Å². The van der Waals surface area contributed by atoms with Gasteiger partial charge in [0.2, 0.25) is 24.3 Å². The lowest BCUT2D eigenvalue weighted by atomic mass is 10.1. The minimum atomic E-state index is -0.728. The molecule has 9 heteroatoms. The van der Waals surface area contributed by atoms with Gasteiger partial charge in [0.25, 0.3) is 0 Å². The molecule has 0 aromatic carbocycles. The maximum Gasteiger partial charge on any atom is 0.237 e. The number of ether oxygens (including phenoxy) is 1. The lowest BCUT2D eigenvalue weighted by Crippen LogP contribution is -2.19. The minimum absolute atomic E-state index is 0.415. The van der Waals surface area contributed by atoms with Gasteiger partial charge in [-0.05, 0) is 38.5 Å². The Balaban J connectivity index is 4.24. The van der Waals surface area contributed by atoms with Crippen molar-refractivity contribution in [2.24, 2.45) is 20.0 Å². The van der Waals surface area contributed by atoms with Gasteiger partial charge in [0, 0.05) is 0 Å². The fourth-order valence-electron chi connectivity index (χ4n) is 2.09. The maximum absolute atomic E-state index is 10.5. The molecule has 0 rings (SSSR count). The molecule has 0 spiro atoms. The normalized spacial score (nSPS) is 11.8. The number of hydrogen-bond donors (Lipinski definition) is 0. The van der Waals surface area contributed by atoms with E-state index >= 15 is 0 Å². The number of isocyanates is 4. The second kappa shape index (κ2) is 17.8. The van der Waals surface area contributed by atoms with Crippen LogP contribution in [0, 0.1) is 0 Å². The topological polar surface area (TPSA) is 127 Å². The van der Waals surface area contributed by atoms with Crippen LogP contribution in [0.15, 0.2) is 20.0 Å². The summed E-state index contributed by atoms with van der Waals surface area (Å²) in [5.74, 6) is 0. The first kappa shape index (κ1) is 22.5. The highest BCUT2D eigenvalue weighted by Crippen LogP contribution is 2.15. The van der Waals surface area contributed by atoms with Crippen molar-refractivity contribution in [3.63, 3.8) is 0 Å². The SMILES string of the molecule is O=C=NCCCCCC(N=C=O)OC(CCCCCN=C=O)N=C=O. The fraction of sp³-hybridized carbons (Fsp3) is 0.750. The highest BCUT2D eigenvalue weighted by molar-refractivity contribution is 5.34. The number of carbonyl (C=O) groups excluding carboxylic acids is 4. The summed E-state index contributed by atoms with van der Waals surface area (Å²) in [5, 5.41) is 0. The molecule has 0 aliphatic heterocycles. The molecule has 0 aromatic rings. The van der Waals surface area contributed by atoms with E-state index in [4.69, 9.17) is 4.74 Å². The third-order valence-corrected chi connectivity index (χ3v) is 3.28. The highest BCUT2D eigenvalue weighted by Gasteiger charge is 2.15. The Morgan fingerprint density at radius 3 is 1.40 bits per heavy atom. The predicted molar refractivity (Wildman–Crippen MR) is 87.8 cm³/mol. The summed E-state index contributed by atoms with van der Waals surface area (Å²) in [6.07, 6.45) is 9.81. The van der Waals surface area contributed by atoms with Crippen LogP contribution in [0.1, 0.15) is 51.4 Å². The fourth-order valence-corrected chi connectivity index (χ4v) is 2.09. The quantitative estimate of drug-likeness (QED) is 0.239. The molecule has 0 saturated heterocycles. The van der Waals surface area contributed by atoms with Crippen molar-refractivity contribution < 1.29 is 23.9 Å².